The maximum Gasteiger partial charge on any atom is 0.254 e. The van der Waals surface area contributed by atoms with Crippen molar-refractivity contribution in [2.45, 2.75) is 37.1 Å². The van der Waals surface area contributed by atoms with Crippen molar-refractivity contribution in [3.05, 3.63) is 29.6 Å². The van der Waals surface area contributed by atoms with Gasteiger partial charge in [0.2, 0.25) is 5.91 Å². The number of nitrogens with one attached hydrogen (secondary N) is 1. The summed E-state index contributed by atoms with van der Waals surface area (Å²) in [7, 11) is 0. The number of carbonyl (C=O) groups excluding carboxylic acids is 2. The highest BCUT2D eigenvalue weighted by Crippen LogP contribution is 2.14. The van der Waals surface area contributed by atoms with Crippen LogP contribution in [0.4, 0.5) is 4.39 Å². The second kappa shape index (κ2) is 6.93. The molecule has 1 heterocycles. The molecule has 0 aliphatic carbocycles. The molecule has 4 nitrogen and oxygen atoms in total. The molecule has 21 heavy (non-hydrogen) atoms. The summed E-state index contributed by atoms with van der Waals surface area (Å²) in [6.45, 7) is 3.07. The Morgan fingerprint density at radius 2 is 1.95 bits per heavy atom. The first-order valence-electron chi connectivity index (χ1n) is 7.07. The summed E-state index contributed by atoms with van der Waals surface area (Å²) in [5.41, 5.74) is -0.0965. The SMILES string of the molecule is CC(NC(=O)c1cc(S)ccc1F)C(=O)N1CCCCC1. The van der Waals surface area contributed by atoms with Crippen LogP contribution in [0.1, 0.15) is 36.5 Å². The maximum atomic E-state index is 13.6. The van der Waals surface area contributed by atoms with E-state index in [0.29, 0.717) is 4.90 Å². The van der Waals surface area contributed by atoms with Crippen molar-refractivity contribution < 1.29 is 14.0 Å². The Morgan fingerprint density at radius 1 is 1.29 bits per heavy atom. The van der Waals surface area contributed by atoms with Gasteiger partial charge in [-0.25, -0.2) is 4.39 Å². The van der Waals surface area contributed by atoms with E-state index in [2.05, 4.69) is 17.9 Å². The first kappa shape index (κ1) is 15.8. The molecule has 0 saturated carbocycles. The Morgan fingerprint density at radius 3 is 2.62 bits per heavy atom. The molecule has 1 aliphatic heterocycles. The molecule has 2 amide bonds. The van der Waals surface area contributed by atoms with E-state index in [1.54, 1.807) is 11.8 Å². The molecule has 1 atom stereocenters. The summed E-state index contributed by atoms with van der Waals surface area (Å²) in [6.07, 6.45) is 3.11. The Balaban J connectivity index is 2.01. The topological polar surface area (TPSA) is 49.4 Å². The Bertz CT molecular complexity index is 544. The van der Waals surface area contributed by atoms with Crippen LogP contribution in [0.2, 0.25) is 0 Å². The molecule has 0 spiro atoms. The van der Waals surface area contributed by atoms with Crippen molar-refractivity contribution >= 4 is 24.4 Å². The van der Waals surface area contributed by atoms with Gasteiger partial charge < -0.3 is 10.2 Å². The fourth-order valence-electron chi connectivity index (χ4n) is 2.41. The van der Waals surface area contributed by atoms with Crippen LogP contribution in [-0.4, -0.2) is 35.8 Å². The molecule has 1 unspecified atom stereocenters. The van der Waals surface area contributed by atoms with Gasteiger partial charge in [-0.15, -0.1) is 12.6 Å². The minimum Gasteiger partial charge on any atom is -0.341 e. The zero-order valence-electron chi connectivity index (χ0n) is 11.9. The summed E-state index contributed by atoms with van der Waals surface area (Å²) >= 11 is 4.09. The van der Waals surface area contributed by atoms with Crippen LogP contribution < -0.4 is 5.32 Å². The van der Waals surface area contributed by atoms with Gasteiger partial charge in [0.1, 0.15) is 11.9 Å². The lowest BCUT2D eigenvalue weighted by atomic mass is 10.1. The Kier molecular flexibility index (Phi) is 5.22. The highest BCUT2D eigenvalue weighted by Gasteiger charge is 2.24. The van der Waals surface area contributed by atoms with E-state index in [1.165, 1.54) is 18.2 Å². The lowest BCUT2D eigenvalue weighted by Gasteiger charge is -2.29. The second-order valence-corrected chi connectivity index (χ2v) is 5.76. The van der Waals surface area contributed by atoms with Gasteiger partial charge in [-0.1, -0.05) is 0 Å². The van der Waals surface area contributed by atoms with Crippen LogP contribution >= 0.6 is 12.6 Å². The number of halogens is 1. The number of likely N-dealkylation sites (tertiary alicyclic amines) is 1. The molecule has 2 rings (SSSR count). The van der Waals surface area contributed by atoms with Crippen molar-refractivity contribution in [1.29, 1.82) is 0 Å². The van der Waals surface area contributed by atoms with Crippen LogP contribution in [0.5, 0.6) is 0 Å². The molecule has 1 aromatic rings. The van der Waals surface area contributed by atoms with Crippen molar-refractivity contribution in [3.8, 4) is 0 Å². The first-order valence-corrected chi connectivity index (χ1v) is 7.52. The molecule has 1 N–H and O–H groups in total. The lowest BCUT2D eigenvalue weighted by molar-refractivity contribution is -0.133. The van der Waals surface area contributed by atoms with E-state index >= 15 is 0 Å². The standard InChI is InChI=1S/C15H19FN2O2S/c1-10(15(20)18-7-3-2-4-8-18)17-14(19)12-9-11(21)5-6-13(12)16/h5-6,9-10,21H,2-4,7-8H2,1H3,(H,17,19). The van der Waals surface area contributed by atoms with Gasteiger partial charge in [0.15, 0.2) is 0 Å². The monoisotopic (exact) mass is 310 g/mol. The molecule has 1 saturated heterocycles. The van der Waals surface area contributed by atoms with E-state index in [1.807, 2.05) is 0 Å². The van der Waals surface area contributed by atoms with Crippen molar-refractivity contribution in [2.24, 2.45) is 0 Å². The van der Waals surface area contributed by atoms with Crippen molar-refractivity contribution in [1.82, 2.24) is 10.2 Å². The van der Waals surface area contributed by atoms with Crippen molar-refractivity contribution in [3.63, 3.8) is 0 Å². The van der Waals surface area contributed by atoms with E-state index in [-0.39, 0.29) is 11.5 Å². The minimum atomic E-state index is -0.668. The molecule has 1 aromatic carbocycles. The number of carbonyl (C=O) groups is 2. The number of benzene rings is 1. The zero-order valence-corrected chi connectivity index (χ0v) is 12.8. The molecule has 1 fully saturated rings. The quantitative estimate of drug-likeness (QED) is 0.841. The average molecular weight is 310 g/mol. The number of nitrogens with zero attached hydrogens (tertiary/aromatic N) is 1. The van der Waals surface area contributed by atoms with E-state index in [9.17, 15) is 14.0 Å². The summed E-state index contributed by atoms with van der Waals surface area (Å²) in [4.78, 5) is 26.5. The summed E-state index contributed by atoms with van der Waals surface area (Å²) < 4.78 is 13.6. The molecule has 6 heteroatoms. The van der Waals surface area contributed by atoms with E-state index < -0.39 is 17.8 Å². The van der Waals surface area contributed by atoms with E-state index in [4.69, 9.17) is 0 Å². The third-order valence-corrected chi connectivity index (χ3v) is 3.86. The smallest absolute Gasteiger partial charge is 0.254 e. The first-order chi connectivity index (χ1) is 9.99. The van der Waals surface area contributed by atoms with Gasteiger partial charge in [-0.3, -0.25) is 9.59 Å². The molecular weight excluding hydrogens is 291 g/mol. The van der Waals surface area contributed by atoms with Crippen LogP contribution in [-0.2, 0) is 4.79 Å². The summed E-state index contributed by atoms with van der Waals surface area (Å²) in [5.74, 6) is -1.34. The predicted molar refractivity (Wildman–Crippen MR) is 81.0 cm³/mol. The molecule has 114 valence electrons. The molecule has 0 radical (unpaired) electrons. The molecular formula is C15H19FN2O2S. The molecule has 0 aromatic heterocycles. The highest BCUT2D eigenvalue weighted by atomic mass is 32.1. The highest BCUT2D eigenvalue weighted by molar-refractivity contribution is 7.80. The van der Waals surface area contributed by atoms with E-state index in [0.717, 1.165) is 32.4 Å². The van der Waals surface area contributed by atoms with Crippen LogP contribution in [0, 0.1) is 5.82 Å². The third-order valence-electron chi connectivity index (χ3n) is 3.58. The molecule has 0 bridgehead atoms. The maximum absolute atomic E-state index is 13.6. The number of amides is 2. The van der Waals surface area contributed by atoms with Gasteiger partial charge in [0.25, 0.3) is 5.91 Å². The zero-order chi connectivity index (χ0) is 15.4. The van der Waals surface area contributed by atoms with Gasteiger partial charge in [-0.05, 0) is 44.4 Å². The fraction of sp³-hybridized carbons (Fsp3) is 0.467. The molecule has 1 aliphatic rings. The van der Waals surface area contributed by atoms with Crippen LogP contribution in [0.3, 0.4) is 0 Å². The van der Waals surface area contributed by atoms with Gasteiger partial charge in [-0.2, -0.15) is 0 Å². The van der Waals surface area contributed by atoms with Crippen LogP contribution in [0.25, 0.3) is 0 Å². The number of thiol groups is 1. The number of hydrogen-bond acceptors (Lipinski definition) is 3. The number of piperidine rings is 1. The normalized spacial score (nSPS) is 16.4. The van der Waals surface area contributed by atoms with Gasteiger partial charge in [0, 0.05) is 18.0 Å². The summed E-state index contributed by atoms with van der Waals surface area (Å²) in [5, 5.41) is 2.56. The predicted octanol–water partition coefficient (Wildman–Crippen LogP) is 2.25. The van der Waals surface area contributed by atoms with Crippen LogP contribution in [0.15, 0.2) is 23.1 Å². The Hall–Kier alpha value is -1.56. The third kappa shape index (κ3) is 3.97. The summed E-state index contributed by atoms with van der Waals surface area (Å²) in [6, 6.07) is 3.34. The Labute approximate surface area is 129 Å². The fourth-order valence-corrected chi connectivity index (χ4v) is 2.62. The number of rotatable bonds is 3. The largest absolute Gasteiger partial charge is 0.341 e. The average Bonchev–Trinajstić information content (AvgIpc) is 2.49. The minimum absolute atomic E-state index is 0.0965. The second-order valence-electron chi connectivity index (χ2n) is 5.25. The lowest BCUT2D eigenvalue weighted by Crippen LogP contribution is -2.48. The van der Waals surface area contributed by atoms with Gasteiger partial charge >= 0.3 is 0 Å². The van der Waals surface area contributed by atoms with Gasteiger partial charge in [0.05, 0.1) is 5.56 Å². The number of hydrogen-bond donors (Lipinski definition) is 2. The van der Waals surface area contributed by atoms with Crippen molar-refractivity contribution in [2.75, 3.05) is 13.1 Å².